The van der Waals surface area contributed by atoms with Crippen LogP contribution in [0.1, 0.15) is 35.1 Å². The Morgan fingerprint density at radius 2 is 2.09 bits per heavy atom. The molecule has 1 saturated heterocycles. The number of rotatable bonds is 3. The zero-order chi connectivity index (χ0) is 24.7. The van der Waals surface area contributed by atoms with Gasteiger partial charge in [0.25, 0.3) is 0 Å². The van der Waals surface area contributed by atoms with Crippen molar-refractivity contribution in [3.63, 3.8) is 0 Å². The van der Waals surface area contributed by atoms with E-state index in [-0.39, 0.29) is 23.7 Å². The number of likely N-dealkylation sites (N-methyl/N-ethyl adjacent to an activating group) is 2. The largest absolute Gasteiger partial charge is 0.504 e. The summed E-state index contributed by atoms with van der Waals surface area (Å²) < 4.78 is 6.44. The Hall–Kier alpha value is -2.87. The Kier molecular flexibility index (Phi) is 4.88. The van der Waals surface area contributed by atoms with E-state index in [9.17, 15) is 20.1 Å². The maximum atomic E-state index is 13.3. The Morgan fingerprint density at radius 1 is 1.29 bits per heavy atom. The average molecular weight is 477 g/mol. The van der Waals surface area contributed by atoms with Crippen molar-refractivity contribution in [1.29, 1.82) is 0 Å². The third kappa shape index (κ3) is 2.86. The quantitative estimate of drug-likeness (QED) is 0.587. The number of aryl methyl sites for hydroxylation is 1. The van der Waals surface area contributed by atoms with Crippen LogP contribution in [-0.4, -0.2) is 81.6 Å². The number of β-amino-alcohol motifs (C(OH)–C–C–N with tert-alkyl or cyclic N) is 1. The highest BCUT2D eigenvalue weighted by Crippen LogP contribution is 2.65. The average Bonchev–Trinajstić information content (AvgIpc) is 3.20. The van der Waals surface area contributed by atoms with Gasteiger partial charge >= 0.3 is 0 Å². The molecule has 0 radical (unpaired) electrons. The lowest BCUT2D eigenvalue weighted by molar-refractivity contribution is -0.232. The van der Waals surface area contributed by atoms with Gasteiger partial charge in [-0.1, -0.05) is 35.9 Å². The fraction of sp³-hybridized carbons (Fsp3) is 0.464. The van der Waals surface area contributed by atoms with Crippen LogP contribution in [0.4, 0.5) is 0 Å². The number of hydrogen-bond donors (Lipinski definition) is 3. The fourth-order valence-electron chi connectivity index (χ4n) is 7.44. The van der Waals surface area contributed by atoms with E-state index in [0.717, 1.165) is 22.3 Å². The summed E-state index contributed by atoms with van der Waals surface area (Å²) in [5.74, 6) is 0.180. The molecule has 2 bridgehead atoms. The van der Waals surface area contributed by atoms with Crippen LogP contribution in [-0.2, 0) is 16.6 Å². The van der Waals surface area contributed by atoms with Gasteiger partial charge in [-0.15, -0.1) is 0 Å². The normalized spacial score (nSPS) is 35.0. The maximum Gasteiger partial charge on any atom is 0.246 e. The molecule has 1 spiro atoms. The van der Waals surface area contributed by atoms with E-state index in [1.54, 1.807) is 30.2 Å². The minimum atomic E-state index is -1.23. The molecule has 6 rings (SSSR count). The number of aliphatic hydroxyl groups is 2. The smallest absolute Gasteiger partial charge is 0.246 e. The number of ether oxygens (including phenoxy) is 1. The van der Waals surface area contributed by atoms with Crippen molar-refractivity contribution in [3.8, 4) is 11.5 Å². The number of phenols is 1. The summed E-state index contributed by atoms with van der Waals surface area (Å²) in [4.78, 5) is 17.0. The highest BCUT2D eigenvalue weighted by atomic mass is 16.5. The number of aliphatic hydroxyl groups excluding tert-OH is 1. The predicted octanol–water partition coefficient (Wildman–Crippen LogP) is 2.00. The van der Waals surface area contributed by atoms with Gasteiger partial charge in [0.1, 0.15) is 6.10 Å². The van der Waals surface area contributed by atoms with Crippen LogP contribution in [0.25, 0.3) is 6.08 Å². The molecule has 7 heteroatoms. The number of nitrogens with zero attached hydrogens (tertiary/aromatic N) is 2. The molecule has 6 atom stereocenters. The second-order valence-electron chi connectivity index (χ2n) is 10.8. The van der Waals surface area contributed by atoms with Crippen molar-refractivity contribution in [2.75, 3.05) is 20.6 Å². The molecule has 184 valence electrons. The summed E-state index contributed by atoms with van der Waals surface area (Å²) in [5, 5.41) is 34.6. The first kappa shape index (κ1) is 22.6. The SMILES string of the molecule is Cc1cccc(/C=C/C(=O)N(C)C2CC[C@@]3(O)[C@H]4Cc5ccc(O)c6c5[C@@]3(C(O)CN4C)C2O6)c1. The summed E-state index contributed by atoms with van der Waals surface area (Å²) in [6.45, 7) is 2.40. The third-order valence-corrected chi connectivity index (χ3v) is 9.01. The van der Waals surface area contributed by atoms with Crippen LogP contribution in [0.5, 0.6) is 11.5 Å². The lowest BCUT2D eigenvalue weighted by atomic mass is 9.47. The van der Waals surface area contributed by atoms with E-state index in [0.29, 0.717) is 31.6 Å². The molecular weight excluding hydrogens is 444 g/mol. The number of amides is 1. The van der Waals surface area contributed by atoms with E-state index in [2.05, 4.69) is 0 Å². The Labute approximate surface area is 205 Å². The molecular formula is C28H32N2O5. The maximum absolute atomic E-state index is 13.3. The highest BCUT2D eigenvalue weighted by molar-refractivity contribution is 5.92. The molecule has 0 aromatic heterocycles. The number of carbonyl (C=O) groups excluding carboxylic acids is 1. The second kappa shape index (κ2) is 7.56. The van der Waals surface area contributed by atoms with Crippen LogP contribution in [0.2, 0.25) is 0 Å². The molecule has 1 saturated carbocycles. The number of hydrogen-bond acceptors (Lipinski definition) is 6. The summed E-state index contributed by atoms with van der Waals surface area (Å²) >= 11 is 0. The van der Waals surface area contributed by atoms with Gasteiger partial charge in [0.15, 0.2) is 11.5 Å². The Bertz CT molecular complexity index is 1240. The van der Waals surface area contributed by atoms with Crippen molar-refractivity contribution < 1.29 is 24.9 Å². The topological polar surface area (TPSA) is 93.5 Å². The molecule has 2 aliphatic heterocycles. The molecule has 2 heterocycles. The number of phenolic OH excluding ortho intramolecular Hbond substituents is 1. The van der Waals surface area contributed by atoms with Crippen LogP contribution in [0.15, 0.2) is 42.5 Å². The monoisotopic (exact) mass is 476 g/mol. The molecule has 1 amide bonds. The molecule has 3 N–H and O–H groups in total. The van der Waals surface area contributed by atoms with Gasteiger partial charge in [-0.05, 0) is 56.5 Å². The second-order valence-corrected chi connectivity index (χ2v) is 10.8. The Morgan fingerprint density at radius 3 is 2.86 bits per heavy atom. The van der Waals surface area contributed by atoms with E-state index >= 15 is 0 Å². The highest BCUT2D eigenvalue weighted by Gasteiger charge is 2.76. The minimum absolute atomic E-state index is 0.00604. The van der Waals surface area contributed by atoms with E-state index < -0.39 is 23.2 Å². The van der Waals surface area contributed by atoms with Gasteiger partial charge in [0.05, 0.1) is 23.2 Å². The van der Waals surface area contributed by atoms with Gasteiger partial charge in [-0.25, -0.2) is 0 Å². The van der Waals surface area contributed by atoms with E-state index in [1.165, 1.54) is 0 Å². The van der Waals surface area contributed by atoms with Crippen molar-refractivity contribution >= 4 is 12.0 Å². The fourth-order valence-corrected chi connectivity index (χ4v) is 7.44. The minimum Gasteiger partial charge on any atom is -0.504 e. The molecule has 3 unspecified atom stereocenters. The molecule has 2 aromatic rings. The summed E-state index contributed by atoms with van der Waals surface area (Å²) in [7, 11) is 3.69. The zero-order valence-electron chi connectivity index (χ0n) is 20.3. The molecule has 35 heavy (non-hydrogen) atoms. The van der Waals surface area contributed by atoms with Crippen LogP contribution >= 0.6 is 0 Å². The number of likely N-dealkylation sites (tertiary alicyclic amines) is 1. The summed E-state index contributed by atoms with van der Waals surface area (Å²) in [5.41, 5.74) is 1.44. The lowest BCUT2D eigenvalue weighted by Crippen LogP contribution is -2.82. The van der Waals surface area contributed by atoms with Gasteiger partial charge in [-0.2, -0.15) is 0 Å². The van der Waals surface area contributed by atoms with Crippen molar-refractivity contribution in [2.24, 2.45) is 0 Å². The van der Waals surface area contributed by atoms with Gasteiger partial charge in [0, 0.05) is 31.3 Å². The molecule has 2 aromatic carbocycles. The summed E-state index contributed by atoms with van der Waals surface area (Å²) in [6.07, 6.45) is 3.37. The van der Waals surface area contributed by atoms with Crippen molar-refractivity contribution in [2.45, 2.75) is 61.5 Å². The van der Waals surface area contributed by atoms with Crippen LogP contribution in [0, 0.1) is 6.92 Å². The molecule has 4 aliphatic rings. The predicted molar refractivity (Wildman–Crippen MR) is 131 cm³/mol. The van der Waals surface area contributed by atoms with Crippen molar-refractivity contribution in [3.05, 3.63) is 64.7 Å². The Balaban J connectivity index is 1.41. The first-order valence-corrected chi connectivity index (χ1v) is 12.3. The van der Waals surface area contributed by atoms with Crippen molar-refractivity contribution in [1.82, 2.24) is 9.80 Å². The molecule has 7 nitrogen and oxygen atoms in total. The number of piperidine rings is 1. The molecule has 2 fully saturated rings. The first-order valence-electron chi connectivity index (χ1n) is 12.3. The number of aromatic hydroxyl groups is 1. The zero-order valence-corrected chi connectivity index (χ0v) is 20.3. The standard InChI is InChI=1S/C28H32N2O5/c1-16-5-4-6-17(13-16)7-10-23(33)30(3)19-11-12-27(34)21-14-18-8-9-20(31)25-24(18)28(27,26(19)35-25)22(32)15-29(21)2/h4-10,13,19,21-22,26,31-32,34H,11-12,14-15H2,1-3H3/b10-7+/t19?,21-,22?,26?,27-,28+/m1/s1. The molecule has 2 aliphatic carbocycles. The van der Waals surface area contributed by atoms with Crippen LogP contribution in [0.3, 0.4) is 0 Å². The van der Waals surface area contributed by atoms with E-state index in [4.69, 9.17) is 4.74 Å². The number of benzene rings is 2. The third-order valence-electron chi connectivity index (χ3n) is 9.01. The van der Waals surface area contributed by atoms with Gasteiger partial charge < -0.3 is 25.0 Å². The van der Waals surface area contributed by atoms with Gasteiger partial charge in [0.2, 0.25) is 5.91 Å². The van der Waals surface area contributed by atoms with E-state index in [1.807, 2.05) is 49.2 Å². The van der Waals surface area contributed by atoms with Crippen LogP contribution < -0.4 is 4.74 Å². The van der Waals surface area contributed by atoms with Gasteiger partial charge in [-0.3, -0.25) is 9.69 Å². The summed E-state index contributed by atoms with van der Waals surface area (Å²) in [6, 6.07) is 10.9. The number of carbonyl (C=O) groups is 1. The first-order chi connectivity index (χ1) is 16.7. The lowest BCUT2D eigenvalue weighted by Gasteiger charge is -2.65.